The average Bonchev–Trinajstić information content (AvgIpc) is 3.34. The van der Waals surface area contributed by atoms with E-state index in [0.717, 1.165) is 36.6 Å². The van der Waals surface area contributed by atoms with Gasteiger partial charge in [-0.05, 0) is 54.1 Å². The summed E-state index contributed by atoms with van der Waals surface area (Å²) in [6.45, 7) is 0.689. The molecule has 2 N–H and O–H groups in total. The lowest BCUT2D eigenvalue weighted by Gasteiger charge is -2.22. The molecule has 1 heterocycles. The van der Waals surface area contributed by atoms with Crippen LogP contribution >= 0.6 is 43.2 Å². The minimum atomic E-state index is -0.949. The summed E-state index contributed by atoms with van der Waals surface area (Å²) in [6, 6.07) is 23.4. The molecule has 1 aromatic heterocycles. The number of aromatic nitrogens is 1. The standard InChI is InChI=1S/C26H21Br2N3O3S/c27-20-7-1-17(2-8-20)15-31(26-30-23(16-35-26)18-3-9-21(28)10-4-18)22-11-5-19(6-12-22)25(34)29-14-13-24(32)33/h1-12,16H,13-15H2,(H,29,34)(H,32,33). The molecule has 35 heavy (non-hydrogen) atoms. The van der Waals surface area contributed by atoms with Crippen LogP contribution in [0.5, 0.6) is 0 Å². The molecular weight excluding hydrogens is 594 g/mol. The van der Waals surface area contributed by atoms with E-state index in [1.807, 2.05) is 53.9 Å². The number of carbonyl (C=O) groups is 2. The van der Waals surface area contributed by atoms with Crippen LogP contribution < -0.4 is 10.2 Å². The van der Waals surface area contributed by atoms with Crippen molar-refractivity contribution in [1.82, 2.24) is 10.3 Å². The van der Waals surface area contributed by atoms with Crippen molar-refractivity contribution in [2.75, 3.05) is 11.4 Å². The van der Waals surface area contributed by atoms with E-state index in [4.69, 9.17) is 10.1 Å². The summed E-state index contributed by atoms with van der Waals surface area (Å²) in [6.07, 6.45) is -0.116. The molecule has 0 fully saturated rings. The highest BCUT2D eigenvalue weighted by atomic mass is 79.9. The first-order valence-electron chi connectivity index (χ1n) is 10.7. The maximum Gasteiger partial charge on any atom is 0.305 e. The number of carbonyl (C=O) groups excluding carboxylic acids is 1. The van der Waals surface area contributed by atoms with Crippen LogP contribution in [0.15, 0.2) is 87.1 Å². The van der Waals surface area contributed by atoms with Gasteiger partial charge in [0.2, 0.25) is 0 Å². The lowest BCUT2D eigenvalue weighted by atomic mass is 10.1. The van der Waals surface area contributed by atoms with Gasteiger partial charge in [-0.25, -0.2) is 4.98 Å². The van der Waals surface area contributed by atoms with Crippen molar-refractivity contribution in [3.63, 3.8) is 0 Å². The van der Waals surface area contributed by atoms with Crippen LogP contribution in [0.2, 0.25) is 0 Å². The number of nitrogens with zero attached hydrogens (tertiary/aromatic N) is 2. The van der Waals surface area contributed by atoms with E-state index in [0.29, 0.717) is 12.1 Å². The van der Waals surface area contributed by atoms with E-state index in [-0.39, 0.29) is 18.9 Å². The molecule has 6 nitrogen and oxygen atoms in total. The fourth-order valence-electron chi connectivity index (χ4n) is 3.36. The van der Waals surface area contributed by atoms with Gasteiger partial charge in [-0.1, -0.05) is 56.1 Å². The van der Waals surface area contributed by atoms with Gasteiger partial charge in [0, 0.05) is 37.7 Å². The molecule has 0 aliphatic heterocycles. The molecule has 4 rings (SSSR count). The second-order valence-corrected chi connectivity index (χ2v) is 10.3. The van der Waals surface area contributed by atoms with E-state index in [1.165, 1.54) is 0 Å². The Balaban J connectivity index is 1.60. The topological polar surface area (TPSA) is 82.5 Å². The Hall–Kier alpha value is -3.01. The van der Waals surface area contributed by atoms with Gasteiger partial charge in [-0.15, -0.1) is 11.3 Å². The Morgan fingerprint density at radius 3 is 2.17 bits per heavy atom. The highest BCUT2D eigenvalue weighted by molar-refractivity contribution is 9.10. The van der Waals surface area contributed by atoms with Gasteiger partial charge in [-0.2, -0.15) is 0 Å². The molecule has 4 aromatic rings. The lowest BCUT2D eigenvalue weighted by molar-refractivity contribution is -0.136. The van der Waals surface area contributed by atoms with Gasteiger partial charge >= 0.3 is 5.97 Å². The number of thiazole rings is 1. The third-order valence-electron chi connectivity index (χ3n) is 5.18. The summed E-state index contributed by atoms with van der Waals surface area (Å²) >= 11 is 8.51. The predicted octanol–water partition coefficient (Wildman–Crippen LogP) is 6.88. The van der Waals surface area contributed by atoms with Crippen molar-refractivity contribution >= 4 is 65.9 Å². The number of hydrogen-bond acceptors (Lipinski definition) is 5. The van der Waals surface area contributed by atoms with Crippen LogP contribution in [0.25, 0.3) is 11.3 Å². The molecule has 1 amide bonds. The lowest BCUT2D eigenvalue weighted by Crippen LogP contribution is -2.26. The number of nitrogens with one attached hydrogen (secondary N) is 1. The summed E-state index contributed by atoms with van der Waals surface area (Å²) in [4.78, 5) is 30.0. The van der Waals surface area contributed by atoms with Crippen molar-refractivity contribution in [2.24, 2.45) is 0 Å². The molecule has 0 atom stereocenters. The van der Waals surface area contributed by atoms with Gasteiger partial charge in [0.15, 0.2) is 5.13 Å². The Morgan fingerprint density at radius 1 is 0.914 bits per heavy atom. The van der Waals surface area contributed by atoms with E-state index < -0.39 is 5.97 Å². The van der Waals surface area contributed by atoms with Crippen LogP contribution in [0, 0.1) is 0 Å². The van der Waals surface area contributed by atoms with Crippen LogP contribution in [0.4, 0.5) is 10.8 Å². The molecule has 0 aliphatic rings. The number of aliphatic carboxylic acids is 1. The number of hydrogen-bond donors (Lipinski definition) is 2. The van der Waals surface area contributed by atoms with Crippen LogP contribution in [-0.2, 0) is 11.3 Å². The Morgan fingerprint density at radius 2 is 1.54 bits per heavy atom. The minimum absolute atomic E-state index is 0.0869. The van der Waals surface area contributed by atoms with Gasteiger partial charge in [0.05, 0.1) is 18.7 Å². The highest BCUT2D eigenvalue weighted by Crippen LogP contribution is 2.34. The first-order valence-corrected chi connectivity index (χ1v) is 13.2. The molecule has 0 saturated heterocycles. The third kappa shape index (κ3) is 6.78. The Bertz CT molecular complexity index is 1310. The monoisotopic (exact) mass is 613 g/mol. The zero-order valence-corrected chi connectivity index (χ0v) is 22.4. The van der Waals surface area contributed by atoms with Crippen LogP contribution in [0.3, 0.4) is 0 Å². The predicted molar refractivity (Wildman–Crippen MR) is 146 cm³/mol. The van der Waals surface area contributed by atoms with Gasteiger partial charge in [-0.3, -0.25) is 9.59 Å². The van der Waals surface area contributed by atoms with E-state index in [9.17, 15) is 9.59 Å². The summed E-state index contributed by atoms with van der Waals surface area (Å²) in [5.41, 5.74) is 4.41. The normalized spacial score (nSPS) is 10.7. The molecule has 178 valence electrons. The molecule has 9 heteroatoms. The number of amides is 1. The third-order valence-corrected chi connectivity index (χ3v) is 7.10. The summed E-state index contributed by atoms with van der Waals surface area (Å²) < 4.78 is 2.03. The van der Waals surface area contributed by atoms with Gasteiger partial charge < -0.3 is 15.3 Å². The number of halogens is 2. The molecule has 0 bridgehead atoms. The van der Waals surface area contributed by atoms with E-state index >= 15 is 0 Å². The fraction of sp³-hybridized carbons (Fsp3) is 0.115. The fourth-order valence-corrected chi connectivity index (χ4v) is 4.74. The van der Waals surface area contributed by atoms with Crippen molar-refractivity contribution in [3.8, 4) is 11.3 Å². The second kappa shape index (κ2) is 11.6. The first-order chi connectivity index (χ1) is 16.9. The number of anilines is 2. The van der Waals surface area contributed by atoms with Crippen molar-refractivity contribution in [2.45, 2.75) is 13.0 Å². The van der Waals surface area contributed by atoms with Crippen molar-refractivity contribution in [1.29, 1.82) is 0 Å². The average molecular weight is 615 g/mol. The van der Waals surface area contributed by atoms with E-state index in [1.54, 1.807) is 23.5 Å². The maximum absolute atomic E-state index is 12.3. The Labute approximate surface area is 223 Å². The molecule has 0 unspecified atom stereocenters. The quantitative estimate of drug-likeness (QED) is 0.215. The molecular formula is C26H21Br2N3O3S. The zero-order chi connectivity index (χ0) is 24.8. The SMILES string of the molecule is O=C(O)CCNC(=O)c1ccc(N(Cc2ccc(Br)cc2)c2nc(-c3ccc(Br)cc3)cs2)cc1. The molecule has 0 spiro atoms. The van der Waals surface area contributed by atoms with E-state index in [2.05, 4.69) is 54.2 Å². The van der Waals surface area contributed by atoms with Gasteiger partial charge in [0.1, 0.15) is 0 Å². The molecule has 3 aromatic carbocycles. The first kappa shape index (κ1) is 25.1. The van der Waals surface area contributed by atoms with Crippen molar-refractivity contribution < 1.29 is 14.7 Å². The Kier molecular flexibility index (Phi) is 8.33. The van der Waals surface area contributed by atoms with Crippen LogP contribution in [-0.4, -0.2) is 28.5 Å². The molecule has 0 radical (unpaired) electrons. The summed E-state index contributed by atoms with van der Waals surface area (Å²) in [5.74, 6) is -1.25. The highest BCUT2D eigenvalue weighted by Gasteiger charge is 2.16. The zero-order valence-electron chi connectivity index (χ0n) is 18.4. The number of rotatable bonds is 9. The largest absolute Gasteiger partial charge is 0.481 e. The summed E-state index contributed by atoms with van der Waals surface area (Å²) in [5, 5.41) is 14.3. The number of carboxylic acid groups (broad SMARTS) is 1. The second-order valence-electron chi connectivity index (χ2n) is 7.68. The minimum Gasteiger partial charge on any atom is -0.481 e. The molecule has 0 saturated carbocycles. The smallest absolute Gasteiger partial charge is 0.305 e. The number of carboxylic acids is 1. The molecule has 0 aliphatic carbocycles. The number of benzene rings is 3. The van der Waals surface area contributed by atoms with Gasteiger partial charge in [0.25, 0.3) is 5.91 Å². The maximum atomic E-state index is 12.3. The summed E-state index contributed by atoms with van der Waals surface area (Å²) in [7, 11) is 0. The van der Waals surface area contributed by atoms with Crippen LogP contribution in [0.1, 0.15) is 22.3 Å². The van der Waals surface area contributed by atoms with Crippen molar-refractivity contribution in [3.05, 3.63) is 98.2 Å².